The van der Waals surface area contributed by atoms with Crippen LogP contribution in [0.1, 0.15) is 11.1 Å². The lowest BCUT2D eigenvalue weighted by molar-refractivity contribution is 0.116. The second kappa shape index (κ2) is 8.20. The highest BCUT2D eigenvalue weighted by molar-refractivity contribution is 5.18. The number of aliphatic hydroxyl groups is 1. The molecule has 5 heteroatoms. The fourth-order valence-corrected chi connectivity index (χ4v) is 2.44. The molecule has 2 aromatic carbocycles. The summed E-state index contributed by atoms with van der Waals surface area (Å²) in [6.07, 6.45) is 0.110. The highest BCUT2D eigenvalue weighted by atomic mass is 16.3. The van der Waals surface area contributed by atoms with Gasteiger partial charge in [0.1, 0.15) is 0 Å². The molecule has 0 fully saturated rings. The van der Waals surface area contributed by atoms with Crippen LogP contribution >= 0.6 is 0 Å². The number of benzene rings is 2. The summed E-state index contributed by atoms with van der Waals surface area (Å²) < 4.78 is 0. The first-order valence-electron chi connectivity index (χ1n) is 7.26. The van der Waals surface area contributed by atoms with Crippen LogP contribution in [0.5, 0.6) is 0 Å². The Kier molecular flexibility index (Phi) is 5.98. The molecule has 0 spiro atoms. The molecule has 22 heavy (non-hydrogen) atoms. The molecule has 2 rings (SSSR count). The van der Waals surface area contributed by atoms with Gasteiger partial charge in [-0.3, -0.25) is 0 Å². The maximum Gasteiger partial charge on any atom is 0.0782 e. The van der Waals surface area contributed by atoms with Crippen LogP contribution in [0.4, 0.5) is 0 Å². The monoisotopic (exact) mass is 296 g/mol. The largest absolute Gasteiger partial charge is 0.391 e. The van der Waals surface area contributed by atoms with Crippen molar-refractivity contribution in [2.45, 2.75) is 31.0 Å². The molecule has 0 heterocycles. The zero-order valence-corrected chi connectivity index (χ0v) is 12.3. The van der Waals surface area contributed by atoms with Crippen LogP contribution in [0.3, 0.4) is 0 Å². The Balaban J connectivity index is 2.05. The van der Waals surface area contributed by atoms with E-state index in [1.807, 2.05) is 60.7 Å². The average Bonchev–Trinajstić information content (AvgIpc) is 2.55. The first kappa shape index (κ1) is 16.0. The molecule has 2 aromatic rings. The lowest BCUT2D eigenvalue weighted by atomic mass is 9.93. The Bertz CT molecular complexity index is 611. The first-order valence-corrected chi connectivity index (χ1v) is 7.26. The van der Waals surface area contributed by atoms with Gasteiger partial charge < -0.3 is 10.8 Å². The minimum absolute atomic E-state index is 0.467. The molecule has 0 saturated heterocycles. The van der Waals surface area contributed by atoms with E-state index in [0.29, 0.717) is 12.8 Å². The Morgan fingerprint density at radius 2 is 1.45 bits per heavy atom. The van der Waals surface area contributed by atoms with Crippen molar-refractivity contribution in [3.63, 3.8) is 0 Å². The van der Waals surface area contributed by atoms with Crippen LogP contribution in [-0.2, 0) is 12.8 Å². The van der Waals surface area contributed by atoms with E-state index >= 15 is 0 Å². The van der Waals surface area contributed by atoms with Gasteiger partial charge in [0.15, 0.2) is 0 Å². The van der Waals surface area contributed by atoms with Gasteiger partial charge in [-0.05, 0) is 29.5 Å². The molecule has 0 bridgehead atoms. The van der Waals surface area contributed by atoms with Gasteiger partial charge in [0.2, 0.25) is 0 Å². The van der Waals surface area contributed by atoms with Crippen LogP contribution in [0.15, 0.2) is 65.8 Å². The van der Waals surface area contributed by atoms with Gasteiger partial charge >= 0.3 is 0 Å². The molecule has 0 aliphatic rings. The second-order valence-corrected chi connectivity index (χ2v) is 5.31. The maximum absolute atomic E-state index is 10.4. The fraction of sp³-hybridized carbons (Fsp3) is 0.294. The van der Waals surface area contributed by atoms with Gasteiger partial charge in [0.05, 0.1) is 12.1 Å². The van der Waals surface area contributed by atoms with Crippen molar-refractivity contribution in [1.29, 1.82) is 0 Å². The summed E-state index contributed by atoms with van der Waals surface area (Å²) in [6, 6.07) is 18.3. The number of nitrogens with zero attached hydrogens (tertiary/aromatic N) is 3. The molecule has 114 valence electrons. The minimum Gasteiger partial charge on any atom is -0.391 e. The van der Waals surface area contributed by atoms with Crippen molar-refractivity contribution in [1.82, 2.24) is 0 Å². The van der Waals surface area contributed by atoms with Gasteiger partial charge in [0, 0.05) is 11.0 Å². The van der Waals surface area contributed by atoms with E-state index in [0.717, 1.165) is 11.1 Å². The van der Waals surface area contributed by atoms with Gasteiger partial charge in [-0.25, -0.2) is 0 Å². The number of aliphatic hydroxyl groups excluding tert-OH is 1. The van der Waals surface area contributed by atoms with Crippen LogP contribution in [0.25, 0.3) is 10.4 Å². The molecule has 3 unspecified atom stereocenters. The molecular formula is C17H20N4O. The molecule has 5 nitrogen and oxygen atoms in total. The van der Waals surface area contributed by atoms with Crippen LogP contribution in [0, 0.1) is 0 Å². The van der Waals surface area contributed by atoms with Crippen molar-refractivity contribution >= 4 is 0 Å². The number of azide groups is 1. The highest BCUT2D eigenvalue weighted by Crippen LogP contribution is 2.14. The summed E-state index contributed by atoms with van der Waals surface area (Å²) in [5.74, 6) is 0. The third kappa shape index (κ3) is 4.60. The minimum atomic E-state index is -0.892. The molecule has 0 aliphatic carbocycles. The van der Waals surface area contributed by atoms with Gasteiger partial charge in [0.25, 0.3) is 0 Å². The average molecular weight is 296 g/mol. The van der Waals surface area contributed by atoms with E-state index in [2.05, 4.69) is 10.0 Å². The second-order valence-electron chi connectivity index (χ2n) is 5.31. The van der Waals surface area contributed by atoms with E-state index in [1.165, 1.54) is 0 Å². The summed E-state index contributed by atoms with van der Waals surface area (Å²) in [6.45, 7) is 0. The lowest BCUT2D eigenvalue weighted by Gasteiger charge is -2.24. The van der Waals surface area contributed by atoms with Crippen LogP contribution < -0.4 is 5.73 Å². The Morgan fingerprint density at radius 3 is 1.95 bits per heavy atom. The molecule has 0 aliphatic heterocycles. The van der Waals surface area contributed by atoms with E-state index in [-0.39, 0.29) is 0 Å². The summed E-state index contributed by atoms with van der Waals surface area (Å²) in [7, 11) is 0. The number of hydrogen-bond acceptors (Lipinski definition) is 3. The first-order chi connectivity index (χ1) is 10.7. The summed E-state index contributed by atoms with van der Waals surface area (Å²) in [4.78, 5) is 2.85. The van der Waals surface area contributed by atoms with Crippen molar-refractivity contribution in [3.05, 3.63) is 82.2 Å². The lowest BCUT2D eigenvalue weighted by Crippen LogP contribution is -2.44. The predicted octanol–water partition coefficient (Wildman–Crippen LogP) is 2.84. The normalized spacial score (nSPS) is 14.6. The van der Waals surface area contributed by atoms with Crippen molar-refractivity contribution in [3.8, 4) is 0 Å². The maximum atomic E-state index is 10.4. The fourth-order valence-electron chi connectivity index (χ4n) is 2.44. The SMILES string of the molecule is [N-]=[N+]=NC(Cc1ccccc1)C(O)C(N)Cc1ccccc1. The Labute approximate surface area is 130 Å². The van der Waals surface area contributed by atoms with Crippen LogP contribution in [0.2, 0.25) is 0 Å². The van der Waals surface area contributed by atoms with E-state index in [1.54, 1.807) is 0 Å². The molecule has 0 amide bonds. The third-order valence-corrected chi connectivity index (χ3v) is 3.63. The smallest absolute Gasteiger partial charge is 0.0782 e. The Morgan fingerprint density at radius 1 is 0.955 bits per heavy atom. The number of hydrogen-bond donors (Lipinski definition) is 2. The molecule has 3 N–H and O–H groups in total. The predicted molar refractivity (Wildman–Crippen MR) is 87.2 cm³/mol. The van der Waals surface area contributed by atoms with E-state index < -0.39 is 18.2 Å². The Hall–Kier alpha value is -2.33. The summed E-state index contributed by atoms with van der Waals surface area (Å²) in [5, 5.41) is 14.2. The van der Waals surface area contributed by atoms with Crippen molar-refractivity contribution in [2.24, 2.45) is 10.8 Å². The van der Waals surface area contributed by atoms with Gasteiger partial charge in [-0.1, -0.05) is 65.8 Å². The third-order valence-electron chi connectivity index (χ3n) is 3.63. The number of nitrogens with two attached hydrogens (primary N) is 1. The van der Waals surface area contributed by atoms with E-state index in [9.17, 15) is 5.11 Å². The molecule has 0 radical (unpaired) electrons. The zero-order chi connectivity index (χ0) is 15.8. The van der Waals surface area contributed by atoms with Crippen LogP contribution in [-0.4, -0.2) is 23.3 Å². The van der Waals surface area contributed by atoms with Crippen molar-refractivity contribution < 1.29 is 5.11 Å². The van der Waals surface area contributed by atoms with Gasteiger partial charge in [-0.15, -0.1) is 0 Å². The molecular weight excluding hydrogens is 276 g/mol. The van der Waals surface area contributed by atoms with E-state index in [4.69, 9.17) is 11.3 Å². The standard InChI is InChI=1S/C17H20N4O/c18-15(11-13-7-3-1-4-8-13)17(22)16(20-21-19)12-14-9-5-2-6-10-14/h1-10,15-17,22H,11-12,18H2. The highest BCUT2D eigenvalue weighted by Gasteiger charge is 2.24. The number of rotatable bonds is 7. The zero-order valence-electron chi connectivity index (χ0n) is 12.3. The van der Waals surface area contributed by atoms with Crippen molar-refractivity contribution in [2.75, 3.05) is 0 Å². The summed E-state index contributed by atoms with van der Waals surface area (Å²) >= 11 is 0. The molecule has 0 saturated carbocycles. The quantitative estimate of drug-likeness (QED) is 0.467. The molecule has 0 aromatic heterocycles. The topological polar surface area (TPSA) is 95.0 Å². The van der Waals surface area contributed by atoms with Gasteiger partial charge in [-0.2, -0.15) is 0 Å². The summed E-state index contributed by atoms with van der Waals surface area (Å²) in [5.41, 5.74) is 16.9. The molecule has 3 atom stereocenters.